The number of halogens is 1. The lowest BCUT2D eigenvalue weighted by Crippen LogP contribution is -2.24. The average molecular weight is 399 g/mol. The summed E-state index contributed by atoms with van der Waals surface area (Å²) in [5.74, 6) is 3.94. The van der Waals surface area contributed by atoms with Gasteiger partial charge in [-0.3, -0.25) is 4.79 Å². The summed E-state index contributed by atoms with van der Waals surface area (Å²) >= 11 is 0. The standard InChI is InChI=1S/C19H22FN7O2/c1-3-6-12-16(23-11-24-17(12)26-21)15(19(28)29-4-2)14-8-10-25-27(14)18-13(20)7-5-9-22-18/h5,7-11,15H,3-4,6,21H2,1-2H3,(H,23,24,26). The van der Waals surface area contributed by atoms with E-state index in [1.165, 1.54) is 35.5 Å². The lowest BCUT2D eigenvalue weighted by atomic mass is 9.94. The Kier molecular flexibility index (Phi) is 6.45. The van der Waals surface area contributed by atoms with E-state index in [9.17, 15) is 9.18 Å². The van der Waals surface area contributed by atoms with Crippen molar-refractivity contribution >= 4 is 11.8 Å². The Morgan fingerprint density at radius 3 is 2.79 bits per heavy atom. The molecule has 0 fully saturated rings. The van der Waals surface area contributed by atoms with Crippen molar-refractivity contribution in [1.29, 1.82) is 0 Å². The monoisotopic (exact) mass is 399 g/mol. The molecule has 1 unspecified atom stereocenters. The number of esters is 1. The van der Waals surface area contributed by atoms with Crippen molar-refractivity contribution < 1.29 is 13.9 Å². The third-order valence-corrected chi connectivity index (χ3v) is 4.32. The topological polar surface area (TPSA) is 121 Å². The van der Waals surface area contributed by atoms with Gasteiger partial charge in [-0.2, -0.15) is 5.10 Å². The Balaban J connectivity index is 2.22. The lowest BCUT2D eigenvalue weighted by Gasteiger charge is -2.20. The molecule has 3 heterocycles. The number of hydrogen-bond acceptors (Lipinski definition) is 8. The summed E-state index contributed by atoms with van der Waals surface area (Å²) in [4.78, 5) is 25.5. The number of aromatic nitrogens is 5. The highest BCUT2D eigenvalue weighted by Gasteiger charge is 2.33. The average Bonchev–Trinajstić information content (AvgIpc) is 3.19. The molecule has 0 aliphatic rings. The van der Waals surface area contributed by atoms with Gasteiger partial charge in [0.1, 0.15) is 18.1 Å². The van der Waals surface area contributed by atoms with Crippen LogP contribution in [0.5, 0.6) is 0 Å². The fraction of sp³-hybridized carbons (Fsp3) is 0.316. The van der Waals surface area contributed by atoms with E-state index in [1.54, 1.807) is 13.0 Å². The molecule has 29 heavy (non-hydrogen) atoms. The van der Waals surface area contributed by atoms with Crippen molar-refractivity contribution in [3.63, 3.8) is 0 Å². The van der Waals surface area contributed by atoms with Crippen molar-refractivity contribution in [1.82, 2.24) is 24.7 Å². The molecule has 0 saturated carbocycles. The van der Waals surface area contributed by atoms with E-state index in [0.717, 1.165) is 6.42 Å². The summed E-state index contributed by atoms with van der Waals surface area (Å²) < 4.78 is 21.0. The van der Waals surface area contributed by atoms with Crippen LogP contribution in [0.1, 0.15) is 43.1 Å². The molecule has 1 atom stereocenters. The second-order valence-electron chi connectivity index (χ2n) is 6.14. The number of carbonyl (C=O) groups is 1. The fourth-order valence-electron chi connectivity index (χ4n) is 3.14. The Bertz CT molecular complexity index is 992. The third kappa shape index (κ3) is 4.06. The highest BCUT2D eigenvalue weighted by Crippen LogP contribution is 2.31. The zero-order valence-electron chi connectivity index (χ0n) is 16.2. The molecule has 0 aliphatic carbocycles. The van der Waals surface area contributed by atoms with E-state index < -0.39 is 17.7 Å². The van der Waals surface area contributed by atoms with Crippen LogP contribution < -0.4 is 11.3 Å². The predicted molar refractivity (Wildman–Crippen MR) is 104 cm³/mol. The number of hydrogen-bond donors (Lipinski definition) is 2. The quantitative estimate of drug-likeness (QED) is 0.336. The first kappa shape index (κ1) is 20.3. The Labute approximate surface area is 167 Å². The van der Waals surface area contributed by atoms with Gasteiger partial charge in [0.05, 0.1) is 18.0 Å². The first-order valence-electron chi connectivity index (χ1n) is 9.24. The Hall–Kier alpha value is -3.40. The number of nitrogens with one attached hydrogen (secondary N) is 1. The van der Waals surface area contributed by atoms with Crippen LogP contribution in [0.15, 0.2) is 36.9 Å². The Morgan fingerprint density at radius 2 is 2.10 bits per heavy atom. The molecule has 0 amide bonds. The van der Waals surface area contributed by atoms with Gasteiger partial charge in [-0.1, -0.05) is 13.3 Å². The number of rotatable bonds is 8. The SMILES string of the molecule is CCCc1c(NN)ncnc1C(C(=O)OCC)c1ccnn1-c1ncccc1F. The van der Waals surface area contributed by atoms with E-state index in [2.05, 4.69) is 25.5 Å². The van der Waals surface area contributed by atoms with E-state index >= 15 is 0 Å². The maximum atomic E-state index is 14.4. The van der Waals surface area contributed by atoms with Crippen molar-refractivity contribution in [2.45, 2.75) is 32.6 Å². The first-order chi connectivity index (χ1) is 14.1. The minimum absolute atomic E-state index is 0.0231. The lowest BCUT2D eigenvalue weighted by molar-refractivity contribution is -0.144. The highest BCUT2D eigenvalue weighted by atomic mass is 19.1. The predicted octanol–water partition coefficient (Wildman–Crippen LogP) is 2.13. The zero-order chi connectivity index (χ0) is 20.8. The molecule has 0 aliphatic heterocycles. The summed E-state index contributed by atoms with van der Waals surface area (Å²) in [5.41, 5.74) is 4.03. The Morgan fingerprint density at radius 1 is 1.28 bits per heavy atom. The van der Waals surface area contributed by atoms with E-state index in [-0.39, 0.29) is 12.4 Å². The van der Waals surface area contributed by atoms with Gasteiger partial charge in [0.25, 0.3) is 0 Å². The van der Waals surface area contributed by atoms with Gasteiger partial charge in [-0.15, -0.1) is 0 Å². The molecule has 0 spiro atoms. The van der Waals surface area contributed by atoms with Gasteiger partial charge in [0.2, 0.25) is 0 Å². The fourth-order valence-corrected chi connectivity index (χ4v) is 3.14. The molecule has 3 N–H and O–H groups in total. The highest BCUT2D eigenvalue weighted by molar-refractivity contribution is 5.82. The van der Waals surface area contributed by atoms with E-state index in [4.69, 9.17) is 10.6 Å². The molecular weight excluding hydrogens is 377 g/mol. The van der Waals surface area contributed by atoms with Gasteiger partial charge in [0.15, 0.2) is 11.6 Å². The van der Waals surface area contributed by atoms with E-state index in [1.807, 2.05) is 6.92 Å². The van der Waals surface area contributed by atoms with Crippen molar-refractivity contribution in [3.8, 4) is 5.82 Å². The van der Waals surface area contributed by atoms with Crippen LogP contribution in [0.3, 0.4) is 0 Å². The van der Waals surface area contributed by atoms with Gasteiger partial charge >= 0.3 is 5.97 Å². The van der Waals surface area contributed by atoms with Crippen molar-refractivity contribution in [2.75, 3.05) is 12.0 Å². The molecule has 0 aromatic carbocycles. The largest absolute Gasteiger partial charge is 0.465 e. The van der Waals surface area contributed by atoms with Gasteiger partial charge in [-0.05, 0) is 31.5 Å². The summed E-state index contributed by atoms with van der Waals surface area (Å²) in [6, 6.07) is 4.37. The van der Waals surface area contributed by atoms with Crippen LogP contribution >= 0.6 is 0 Å². The minimum atomic E-state index is -0.962. The normalized spacial score (nSPS) is 11.9. The van der Waals surface area contributed by atoms with Gasteiger partial charge in [-0.25, -0.2) is 29.9 Å². The summed E-state index contributed by atoms with van der Waals surface area (Å²) in [5, 5.41) is 4.18. The smallest absolute Gasteiger partial charge is 0.321 e. The minimum Gasteiger partial charge on any atom is -0.465 e. The molecule has 3 aromatic heterocycles. The number of pyridine rings is 1. The molecule has 0 saturated heterocycles. The number of carbonyl (C=O) groups excluding carboxylic acids is 1. The summed E-state index contributed by atoms with van der Waals surface area (Å²) in [6.07, 6.45) is 5.60. The zero-order valence-corrected chi connectivity index (χ0v) is 16.2. The van der Waals surface area contributed by atoms with Crippen molar-refractivity contribution in [2.24, 2.45) is 5.84 Å². The van der Waals surface area contributed by atoms with Gasteiger partial charge < -0.3 is 10.2 Å². The number of hydrazine groups is 1. The molecule has 9 nitrogen and oxygen atoms in total. The number of nitrogens with two attached hydrogens (primary N) is 1. The first-order valence-corrected chi connectivity index (χ1v) is 9.24. The molecule has 152 valence electrons. The molecule has 0 bridgehead atoms. The molecular formula is C19H22FN7O2. The molecule has 3 rings (SSSR count). The van der Waals surface area contributed by atoms with Crippen LogP contribution in [0.4, 0.5) is 10.2 Å². The van der Waals surface area contributed by atoms with Gasteiger partial charge in [0, 0.05) is 18.0 Å². The molecule has 10 heteroatoms. The van der Waals surface area contributed by atoms with Crippen molar-refractivity contribution in [3.05, 3.63) is 59.7 Å². The number of nitrogen functional groups attached to an aromatic ring is 1. The molecule has 3 aromatic rings. The summed E-state index contributed by atoms with van der Waals surface area (Å²) in [6.45, 7) is 3.88. The maximum Gasteiger partial charge on any atom is 0.321 e. The second kappa shape index (κ2) is 9.20. The van der Waals surface area contributed by atoms with Crippen LogP contribution in [-0.2, 0) is 16.0 Å². The van der Waals surface area contributed by atoms with Crippen LogP contribution in [0.2, 0.25) is 0 Å². The number of nitrogens with zero attached hydrogens (tertiary/aromatic N) is 5. The second-order valence-corrected chi connectivity index (χ2v) is 6.14. The number of ether oxygens (including phenoxy) is 1. The maximum absolute atomic E-state index is 14.4. The number of anilines is 1. The van der Waals surface area contributed by atoms with E-state index in [0.29, 0.717) is 29.2 Å². The third-order valence-electron chi connectivity index (χ3n) is 4.32. The summed E-state index contributed by atoms with van der Waals surface area (Å²) in [7, 11) is 0. The van der Waals surface area contributed by atoms with Crippen LogP contribution in [0, 0.1) is 5.82 Å². The molecule has 0 radical (unpaired) electrons. The van der Waals surface area contributed by atoms with Crippen LogP contribution in [-0.4, -0.2) is 37.3 Å². The van der Waals surface area contributed by atoms with Crippen LogP contribution in [0.25, 0.3) is 5.82 Å².